The molecule has 3 aliphatic heterocycles. The molecule has 2 saturated heterocycles. The number of nitrogens with zero attached hydrogens (tertiary/aromatic N) is 3. The third-order valence-electron chi connectivity index (χ3n) is 6.79. The summed E-state index contributed by atoms with van der Waals surface area (Å²) in [6, 6.07) is 16.1. The van der Waals surface area contributed by atoms with Crippen molar-refractivity contribution in [2.24, 2.45) is 0 Å². The van der Waals surface area contributed by atoms with Crippen LogP contribution in [0.1, 0.15) is 46.0 Å². The zero-order valence-corrected chi connectivity index (χ0v) is 19.2. The minimum atomic E-state index is -0.187. The molecule has 0 aromatic heterocycles. The quantitative estimate of drug-likeness (QED) is 0.635. The van der Waals surface area contributed by atoms with E-state index in [1.807, 2.05) is 18.2 Å². The van der Waals surface area contributed by atoms with E-state index in [-0.39, 0.29) is 17.9 Å². The van der Waals surface area contributed by atoms with Crippen molar-refractivity contribution < 1.29 is 14.3 Å². The summed E-state index contributed by atoms with van der Waals surface area (Å²) in [5.41, 5.74) is 4.54. The molecule has 0 bridgehead atoms. The number of ether oxygens (including phenoxy) is 1. The SMILES string of the molecule is C/C(=C\c1ccccc1)CN1CCN(c2cccc3c2C(=O)N(CC2CCCO2)C3=O)CC1. The van der Waals surface area contributed by atoms with Gasteiger partial charge >= 0.3 is 0 Å². The highest BCUT2D eigenvalue weighted by Crippen LogP contribution is 2.33. The molecule has 172 valence electrons. The van der Waals surface area contributed by atoms with Gasteiger partial charge < -0.3 is 9.64 Å². The smallest absolute Gasteiger partial charge is 0.263 e. The molecule has 2 aromatic carbocycles. The van der Waals surface area contributed by atoms with Crippen molar-refractivity contribution in [1.82, 2.24) is 9.80 Å². The first kappa shape index (κ1) is 21.9. The van der Waals surface area contributed by atoms with Crippen molar-refractivity contribution in [3.05, 3.63) is 70.8 Å². The van der Waals surface area contributed by atoms with E-state index >= 15 is 0 Å². The number of amides is 2. The molecule has 0 aliphatic carbocycles. The van der Waals surface area contributed by atoms with Crippen LogP contribution in [0.15, 0.2) is 54.1 Å². The summed E-state index contributed by atoms with van der Waals surface area (Å²) in [5.74, 6) is -0.363. The Morgan fingerprint density at radius 1 is 1.00 bits per heavy atom. The molecule has 33 heavy (non-hydrogen) atoms. The van der Waals surface area contributed by atoms with E-state index in [0.29, 0.717) is 24.3 Å². The fraction of sp³-hybridized carbons (Fsp3) is 0.407. The van der Waals surface area contributed by atoms with Gasteiger partial charge in [-0.1, -0.05) is 48.0 Å². The van der Waals surface area contributed by atoms with Crippen molar-refractivity contribution in [3.8, 4) is 0 Å². The zero-order chi connectivity index (χ0) is 22.8. The minimum Gasteiger partial charge on any atom is -0.376 e. The van der Waals surface area contributed by atoms with Gasteiger partial charge in [-0.25, -0.2) is 0 Å². The third kappa shape index (κ3) is 4.59. The van der Waals surface area contributed by atoms with E-state index in [1.54, 1.807) is 6.07 Å². The molecule has 5 rings (SSSR count). The molecule has 0 spiro atoms. The van der Waals surface area contributed by atoms with E-state index < -0.39 is 0 Å². The van der Waals surface area contributed by atoms with Crippen LogP contribution in [0.4, 0.5) is 5.69 Å². The Kier molecular flexibility index (Phi) is 6.29. The second kappa shape index (κ2) is 9.49. The molecule has 6 heteroatoms. The number of carbonyl (C=O) groups is 2. The second-order valence-electron chi connectivity index (χ2n) is 9.22. The number of anilines is 1. The molecular weight excluding hydrogens is 414 g/mol. The number of fused-ring (bicyclic) bond motifs is 1. The lowest BCUT2D eigenvalue weighted by atomic mass is 10.1. The van der Waals surface area contributed by atoms with Crippen molar-refractivity contribution >= 4 is 23.6 Å². The molecule has 6 nitrogen and oxygen atoms in total. The fourth-order valence-electron chi connectivity index (χ4n) is 5.12. The number of hydrogen-bond acceptors (Lipinski definition) is 5. The summed E-state index contributed by atoms with van der Waals surface area (Å²) in [6.45, 7) is 7.69. The van der Waals surface area contributed by atoms with Crippen LogP contribution in [0.2, 0.25) is 0 Å². The molecule has 1 unspecified atom stereocenters. The Morgan fingerprint density at radius 2 is 1.79 bits per heavy atom. The number of benzene rings is 2. The lowest BCUT2D eigenvalue weighted by molar-refractivity contribution is 0.0475. The fourth-order valence-corrected chi connectivity index (χ4v) is 5.12. The van der Waals surface area contributed by atoms with Gasteiger partial charge in [0.05, 0.1) is 29.5 Å². The maximum Gasteiger partial charge on any atom is 0.263 e. The summed E-state index contributed by atoms with van der Waals surface area (Å²) < 4.78 is 5.67. The Balaban J connectivity index is 1.25. The molecule has 1 atom stereocenters. The number of hydrogen-bond donors (Lipinski definition) is 0. The first-order valence-electron chi connectivity index (χ1n) is 11.9. The molecule has 0 saturated carbocycles. The highest BCUT2D eigenvalue weighted by molar-refractivity contribution is 6.23. The summed E-state index contributed by atoms with van der Waals surface area (Å²) >= 11 is 0. The van der Waals surface area contributed by atoms with Crippen LogP contribution in [0.25, 0.3) is 6.08 Å². The molecule has 3 aliphatic rings. The van der Waals surface area contributed by atoms with Crippen LogP contribution >= 0.6 is 0 Å². The first-order chi connectivity index (χ1) is 16.1. The molecule has 0 N–H and O–H groups in total. The van der Waals surface area contributed by atoms with Crippen LogP contribution in [-0.2, 0) is 4.74 Å². The topological polar surface area (TPSA) is 53.1 Å². The van der Waals surface area contributed by atoms with Crippen molar-refractivity contribution in [3.63, 3.8) is 0 Å². The number of piperazine rings is 1. The standard InChI is InChI=1S/C27H31N3O3/c1-20(17-21-7-3-2-4-8-21)18-28-12-14-29(15-13-28)24-11-5-10-23-25(24)27(32)30(26(23)31)19-22-9-6-16-33-22/h2-5,7-8,10-11,17,22H,6,9,12-16,18-19H2,1H3/b20-17+. The molecule has 2 aromatic rings. The van der Waals surface area contributed by atoms with Crippen LogP contribution in [-0.4, -0.2) is 73.6 Å². The average molecular weight is 446 g/mol. The molecule has 0 radical (unpaired) electrons. The summed E-state index contributed by atoms with van der Waals surface area (Å²) in [7, 11) is 0. The van der Waals surface area contributed by atoms with Crippen LogP contribution in [0, 0.1) is 0 Å². The van der Waals surface area contributed by atoms with E-state index in [4.69, 9.17) is 4.74 Å². The summed E-state index contributed by atoms with van der Waals surface area (Å²) in [5, 5.41) is 0. The van der Waals surface area contributed by atoms with Gasteiger partial charge in [-0.15, -0.1) is 0 Å². The largest absolute Gasteiger partial charge is 0.376 e. The van der Waals surface area contributed by atoms with Gasteiger partial charge in [0.1, 0.15) is 0 Å². The Labute approximate surface area is 195 Å². The minimum absolute atomic E-state index is 0.0358. The maximum atomic E-state index is 13.2. The Bertz CT molecular complexity index is 1050. The van der Waals surface area contributed by atoms with Crippen molar-refractivity contribution in [2.45, 2.75) is 25.9 Å². The van der Waals surface area contributed by atoms with Gasteiger partial charge in [0.25, 0.3) is 11.8 Å². The molecule has 2 amide bonds. The van der Waals surface area contributed by atoms with Gasteiger partial charge in [0, 0.05) is 39.3 Å². The van der Waals surface area contributed by atoms with Crippen LogP contribution < -0.4 is 4.90 Å². The average Bonchev–Trinajstić information content (AvgIpc) is 3.43. The van der Waals surface area contributed by atoms with E-state index in [9.17, 15) is 9.59 Å². The number of imide groups is 1. The van der Waals surface area contributed by atoms with Gasteiger partial charge in [0.15, 0.2) is 0 Å². The van der Waals surface area contributed by atoms with Crippen LogP contribution in [0.5, 0.6) is 0 Å². The van der Waals surface area contributed by atoms with E-state index in [2.05, 4.69) is 47.1 Å². The number of rotatable bonds is 6. The van der Waals surface area contributed by atoms with Gasteiger partial charge in [-0.2, -0.15) is 0 Å². The van der Waals surface area contributed by atoms with Crippen molar-refractivity contribution in [1.29, 1.82) is 0 Å². The monoisotopic (exact) mass is 445 g/mol. The van der Waals surface area contributed by atoms with Crippen molar-refractivity contribution in [2.75, 3.05) is 50.8 Å². The Hall–Kier alpha value is -2.96. The van der Waals surface area contributed by atoms with Gasteiger partial charge in [-0.05, 0) is 37.5 Å². The van der Waals surface area contributed by atoms with E-state index in [1.165, 1.54) is 16.0 Å². The predicted octanol–water partition coefficient (Wildman–Crippen LogP) is 3.69. The molecular formula is C27H31N3O3. The third-order valence-corrected chi connectivity index (χ3v) is 6.79. The number of carbonyl (C=O) groups excluding carboxylic acids is 2. The zero-order valence-electron chi connectivity index (χ0n) is 19.2. The summed E-state index contributed by atoms with van der Waals surface area (Å²) in [6.07, 6.45) is 4.10. The van der Waals surface area contributed by atoms with Gasteiger partial charge in [-0.3, -0.25) is 19.4 Å². The molecule has 3 heterocycles. The highest BCUT2D eigenvalue weighted by atomic mass is 16.5. The normalized spacial score (nSPS) is 21.7. The predicted molar refractivity (Wildman–Crippen MR) is 130 cm³/mol. The highest BCUT2D eigenvalue weighted by Gasteiger charge is 2.40. The van der Waals surface area contributed by atoms with Crippen LogP contribution in [0.3, 0.4) is 0 Å². The first-order valence-corrected chi connectivity index (χ1v) is 11.9. The van der Waals surface area contributed by atoms with Gasteiger partial charge in [0.2, 0.25) is 0 Å². The maximum absolute atomic E-state index is 13.2. The Morgan fingerprint density at radius 3 is 2.52 bits per heavy atom. The lowest BCUT2D eigenvalue weighted by Crippen LogP contribution is -2.47. The molecule has 2 fully saturated rings. The lowest BCUT2D eigenvalue weighted by Gasteiger charge is -2.37. The summed E-state index contributed by atoms with van der Waals surface area (Å²) in [4.78, 5) is 32.3. The van der Waals surface area contributed by atoms with E-state index in [0.717, 1.165) is 51.3 Å². The second-order valence-corrected chi connectivity index (χ2v) is 9.22.